The van der Waals surface area contributed by atoms with Crippen LogP contribution in [0.2, 0.25) is 0 Å². The van der Waals surface area contributed by atoms with Gasteiger partial charge in [0.1, 0.15) is 0 Å². The summed E-state index contributed by atoms with van der Waals surface area (Å²) in [7, 11) is 0. The maximum atomic E-state index is 10.2. The van der Waals surface area contributed by atoms with Crippen molar-refractivity contribution in [2.24, 2.45) is 0 Å². The van der Waals surface area contributed by atoms with Crippen molar-refractivity contribution in [1.82, 2.24) is 0 Å². The van der Waals surface area contributed by atoms with E-state index in [0.717, 1.165) is 0 Å². The van der Waals surface area contributed by atoms with Crippen molar-refractivity contribution < 1.29 is 9.58 Å². The Morgan fingerprint density at radius 2 is 2.50 bits per heavy atom. The molecule has 0 aromatic rings. The first-order valence-corrected chi connectivity index (χ1v) is 2.92. The van der Waals surface area contributed by atoms with E-state index < -0.39 is 0 Å². The van der Waals surface area contributed by atoms with Crippen LogP contribution in [0.15, 0.2) is 23.8 Å². The van der Waals surface area contributed by atoms with Crippen molar-refractivity contribution in [3.05, 3.63) is 29.3 Å². The second-order valence-electron chi connectivity index (χ2n) is 1.92. The predicted octanol–water partition coefficient (Wildman–Crippen LogP) is 0.742. The highest BCUT2D eigenvalue weighted by molar-refractivity contribution is 6.13. The molecule has 1 aliphatic rings. The lowest BCUT2D eigenvalue weighted by atomic mass is 10.0. The van der Waals surface area contributed by atoms with Crippen molar-refractivity contribution in [3.8, 4) is 0 Å². The van der Waals surface area contributed by atoms with Crippen LogP contribution in [-0.2, 0) is 4.79 Å². The molecule has 0 aliphatic heterocycles. The van der Waals surface area contributed by atoms with Crippen molar-refractivity contribution in [1.29, 1.82) is 0 Å². The van der Waals surface area contributed by atoms with Crippen molar-refractivity contribution in [2.75, 3.05) is 0 Å². The van der Waals surface area contributed by atoms with E-state index in [-0.39, 0.29) is 0 Å². The van der Waals surface area contributed by atoms with E-state index in [9.17, 15) is 4.79 Å². The summed E-state index contributed by atoms with van der Waals surface area (Å²) in [6.45, 7) is 0. The smallest absolute Gasteiger partial charge is 0.306 e. The van der Waals surface area contributed by atoms with Gasteiger partial charge in [-0.1, -0.05) is 12.2 Å². The highest BCUT2D eigenvalue weighted by atomic mass is 16.1. The molecule has 0 aromatic heterocycles. The molecule has 3 heteroatoms. The molecule has 0 bridgehead atoms. The van der Waals surface area contributed by atoms with Crippen LogP contribution in [0.4, 0.5) is 0 Å². The molecule has 0 radical (unpaired) electrons. The van der Waals surface area contributed by atoms with E-state index in [2.05, 4.69) is 4.79 Å². The second kappa shape index (κ2) is 2.90. The Bertz CT molecular complexity index is 257. The van der Waals surface area contributed by atoms with Gasteiger partial charge in [-0.3, -0.25) is 4.79 Å². The van der Waals surface area contributed by atoms with Gasteiger partial charge in [0, 0.05) is 0 Å². The monoisotopic (exact) mass is 134 g/mol. The van der Waals surface area contributed by atoms with Crippen LogP contribution >= 0.6 is 0 Å². The number of hydrogen-bond acceptors (Lipinski definition) is 1. The summed E-state index contributed by atoms with van der Waals surface area (Å²) < 4.78 is 0. The van der Waals surface area contributed by atoms with Gasteiger partial charge in [0.15, 0.2) is 6.29 Å². The fourth-order valence-electron chi connectivity index (χ4n) is 0.771. The van der Waals surface area contributed by atoms with E-state index in [1.54, 1.807) is 12.2 Å². The Hall–Kier alpha value is -1.47. The molecule has 1 aliphatic carbocycles. The fourth-order valence-corrected chi connectivity index (χ4v) is 0.771. The van der Waals surface area contributed by atoms with Crippen molar-refractivity contribution in [2.45, 2.75) is 6.42 Å². The summed E-state index contributed by atoms with van der Waals surface area (Å²) in [6, 6.07) is 0. The average molecular weight is 134 g/mol. The summed E-state index contributed by atoms with van der Waals surface area (Å²) >= 11 is 0. The molecule has 0 atom stereocenters. The number of hydrogen-bond donors (Lipinski definition) is 0. The topological polar surface area (TPSA) is 53.5 Å². The van der Waals surface area contributed by atoms with Gasteiger partial charge in [0.25, 0.3) is 0 Å². The third-order valence-corrected chi connectivity index (χ3v) is 1.30. The minimum Gasteiger partial charge on any atom is -0.361 e. The standard InChI is InChI=1S/C7H6N2O/c8-9-7-4-2-1-3-6(7)5-10/h1-3,5H,4H2. The summed E-state index contributed by atoms with van der Waals surface area (Å²) in [5.74, 6) is 0. The fraction of sp³-hybridized carbons (Fsp3) is 0.143. The number of allylic oxidation sites excluding steroid dienone is 4. The SMILES string of the molecule is [N-]=[N+]=C1CC=CC=C1C=O. The summed E-state index contributed by atoms with van der Waals surface area (Å²) in [6.07, 6.45) is 6.41. The molecule has 0 unspecified atom stereocenters. The molecule has 3 nitrogen and oxygen atoms in total. The average Bonchev–Trinajstić information content (AvgIpc) is 2.04. The largest absolute Gasteiger partial charge is 0.361 e. The van der Waals surface area contributed by atoms with Gasteiger partial charge in [-0.2, -0.15) is 4.79 Å². The molecule has 0 aromatic carbocycles. The van der Waals surface area contributed by atoms with E-state index in [1.807, 2.05) is 6.08 Å². The van der Waals surface area contributed by atoms with Crippen LogP contribution < -0.4 is 0 Å². The first-order valence-electron chi connectivity index (χ1n) is 2.92. The molecular weight excluding hydrogens is 128 g/mol. The van der Waals surface area contributed by atoms with E-state index in [1.165, 1.54) is 0 Å². The normalized spacial score (nSPS) is 16.0. The molecule has 0 fully saturated rings. The van der Waals surface area contributed by atoms with Crippen LogP contribution in [0.3, 0.4) is 0 Å². The molecule has 0 heterocycles. The second-order valence-corrected chi connectivity index (χ2v) is 1.92. The minimum atomic E-state index is 0.428. The molecule has 1 rings (SSSR count). The van der Waals surface area contributed by atoms with Crippen LogP contribution in [0.5, 0.6) is 0 Å². The highest BCUT2D eigenvalue weighted by Gasteiger charge is 2.14. The van der Waals surface area contributed by atoms with Crippen LogP contribution in [0.25, 0.3) is 5.53 Å². The van der Waals surface area contributed by atoms with Gasteiger partial charge < -0.3 is 5.53 Å². The molecule has 50 valence electrons. The molecule has 0 spiro atoms. The van der Waals surface area contributed by atoms with Gasteiger partial charge in [0.2, 0.25) is 0 Å². The van der Waals surface area contributed by atoms with Gasteiger partial charge in [-0.25, -0.2) is 0 Å². The Kier molecular flexibility index (Phi) is 1.92. The first-order chi connectivity index (χ1) is 4.88. The third-order valence-electron chi connectivity index (χ3n) is 1.30. The van der Waals surface area contributed by atoms with Crippen molar-refractivity contribution >= 4 is 12.0 Å². The van der Waals surface area contributed by atoms with Crippen LogP contribution in [-0.4, -0.2) is 16.8 Å². The molecule has 0 saturated carbocycles. The minimum absolute atomic E-state index is 0.428. The molecule has 0 N–H and O–H groups in total. The number of aldehydes is 1. The number of carbonyl (C=O) groups excluding carboxylic acids is 1. The predicted molar refractivity (Wildman–Crippen MR) is 36.5 cm³/mol. The van der Waals surface area contributed by atoms with E-state index in [4.69, 9.17) is 5.53 Å². The summed E-state index contributed by atoms with van der Waals surface area (Å²) in [5.41, 5.74) is 9.22. The summed E-state index contributed by atoms with van der Waals surface area (Å²) in [4.78, 5) is 13.2. The third kappa shape index (κ3) is 1.09. The van der Waals surface area contributed by atoms with E-state index >= 15 is 0 Å². The Morgan fingerprint density at radius 3 is 3.00 bits per heavy atom. The lowest BCUT2D eigenvalue weighted by Crippen LogP contribution is -2.06. The van der Waals surface area contributed by atoms with Gasteiger partial charge in [0.05, 0.1) is 12.0 Å². The lowest BCUT2D eigenvalue weighted by Gasteiger charge is -1.93. The number of carbonyl (C=O) groups is 1. The van der Waals surface area contributed by atoms with Gasteiger partial charge in [-0.05, 0) is 6.08 Å². The van der Waals surface area contributed by atoms with Crippen LogP contribution in [0, 0.1) is 0 Å². The molecule has 10 heavy (non-hydrogen) atoms. The van der Waals surface area contributed by atoms with Gasteiger partial charge >= 0.3 is 5.71 Å². The van der Waals surface area contributed by atoms with Crippen molar-refractivity contribution in [3.63, 3.8) is 0 Å². The summed E-state index contributed by atoms with van der Waals surface area (Å²) in [5, 5.41) is 0. The Balaban J connectivity index is 3.02. The zero-order chi connectivity index (χ0) is 7.40. The highest BCUT2D eigenvalue weighted by Crippen LogP contribution is 2.04. The quantitative estimate of drug-likeness (QED) is 0.296. The molecule has 0 saturated heterocycles. The number of rotatable bonds is 1. The zero-order valence-corrected chi connectivity index (χ0v) is 5.32. The maximum absolute atomic E-state index is 10.2. The van der Waals surface area contributed by atoms with E-state index in [0.29, 0.717) is 24.0 Å². The lowest BCUT2D eigenvalue weighted by molar-refractivity contribution is -0.104. The Labute approximate surface area is 58.3 Å². The molecular formula is C7H6N2O. The number of nitrogens with zero attached hydrogens (tertiary/aromatic N) is 2. The molecule has 0 amide bonds. The van der Waals surface area contributed by atoms with Gasteiger partial charge in [-0.15, -0.1) is 0 Å². The Morgan fingerprint density at radius 1 is 1.70 bits per heavy atom. The van der Waals surface area contributed by atoms with Crippen LogP contribution in [0.1, 0.15) is 6.42 Å². The zero-order valence-electron chi connectivity index (χ0n) is 5.32. The maximum Gasteiger partial charge on any atom is 0.306 e. The first kappa shape index (κ1) is 6.65.